The van der Waals surface area contributed by atoms with E-state index in [0.717, 1.165) is 15.7 Å². The van der Waals surface area contributed by atoms with E-state index in [0.29, 0.717) is 0 Å². The molecule has 0 aromatic heterocycles. The maximum atomic E-state index is 7.25. The minimum Gasteiger partial charge on any atom is -0.387 e. The maximum Gasteiger partial charge on any atom is 0.0942 e. The van der Waals surface area contributed by atoms with Gasteiger partial charge in [0.2, 0.25) is 0 Å². The van der Waals surface area contributed by atoms with Crippen LogP contribution < -0.4 is 5.73 Å². The molecule has 0 fully saturated rings. The zero-order valence-electron chi connectivity index (χ0n) is 7.96. The predicted molar refractivity (Wildman–Crippen MR) is 63.3 cm³/mol. The smallest absolute Gasteiger partial charge is 0.0942 e. The lowest BCUT2D eigenvalue weighted by Crippen LogP contribution is -2.21. The Morgan fingerprint density at radius 2 is 2.21 bits per heavy atom. The minimum absolute atomic E-state index is 0.0938. The number of amidine groups is 1. The lowest BCUT2D eigenvalue weighted by atomic mass is 10.2. The monoisotopic (exact) mass is 228 g/mol. The van der Waals surface area contributed by atoms with Crippen LogP contribution in [0.15, 0.2) is 29.2 Å². The summed E-state index contributed by atoms with van der Waals surface area (Å²) in [5.74, 6) is 1.11. The van der Waals surface area contributed by atoms with Crippen LogP contribution in [0.5, 0.6) is 0 Å². The van der Waals surface area contributed by atoms with Crippen molar-refractivity contribution < 1.29 is 0 Å². The number of rotatable bonds is 4. The summed E-state index contributed by atoms with van der Waals surface area (Å²) in [7, 11) is 0. The second kappa shape index (κ2) is 5.27. The van der Waals surface area contributed by atoms with Crippen LogP contribution in [0.25, 0.3) is 0 Å². The van der Waals surface area contributed by atoms with E-state index in [2.05, 4.69) is 0 Å². The van der Waals surface area contributed by atoms with Gasteiger partial charge in [-0.15, -0.1) is 11.8 Å². The Bertz CT molecular complexity index is 328. The molecule has 0 radical (unpaired) electrons. The molecule has 2 nitrogen and oxygen atoms in total. The van der Waals surface area contributed by atoms with Gasteiger partial charge in [0.25, 0.3) is 0 Å². The topological polar surface area (TPSA) is 49.9 Å². The normalized spacial score (nSPS) is 12.4. The van der Waals surface area contributed by atoms with Crippen molar-refractivity contribution in [2.45, 2.75) is 11.8 Å². The lowest BCUT2D eigenvalue weighted by molar-refractivity contribution is 0.879. The molecule has 1 unspecified atom stereocenters. The molecule has 1 aromatic rings. The summed E-state index contributed by atoms with van der Waals surface area (Å²) < 4.78 is 0. The van der Waals surface area contributed by atoms with E-state index in [1.54, 1.807) is 11.8 Å². The molecule has 3 N–H and O–H groups in total. The Labute approximate surface area is 93.3 Å². The fourth-order valence-corrected chi connectivity index (χ4v) is 2.16. The van der Waals surface area contributed by atoms with E-state index in [-0.39, 0.29) is 11.8 Å². The molecule has 0 saturated carbocycles. The highest BCUT2D eigenvalue weighted by Gasteiger charge is 2.07. The standard InChI is InChI=1S/C10H13ClN2S/c1-7(10(12)13)6-14-9-5-3-2-4-8(9)11/h2-5,7H,6H2,1H3,(H3,12,13). The van der Waals surface area contributed by atoms with Crippen molar-refractivity contribution in [2.24, 2.45) is 11.7 Å². The van der Waals surface area contributed by atoms with Crippen molar-refractivity contribution in [1.82, 2.24) is 0 Å². The van der Waals surface area contributed by atoms with Crippen LogP contribution in [-0.2, 0) is 0 Å². The zero-order chi connectivity index (χ0) is 10.6. The number of nitrogens with one attached hydrogen (secondary N) is 1. The largest absolute Gasteiger partial charge is 0.387 e. The molecular weight excluding hydrogens is 216 g/mol. The van der Waals surface area contributed by atoms with Gasteiger partial charge in [-0.1, -0.05) is 30.7 Å². The molecule has 0 aliphatic heterocycles. The second-order valence-electron chi connectivity index (χ2n) is 3.10. The first kappa shape index (κ1) is 11.4. The third kappa shape index (κ3) is 3.24. The molecule has 76 valence electrons. The summed E-state index contributed by atoms with van der Waals surface area (Å²) in [6.07, 6.45) is 0. The fourth-order valence-electron chi connectivity index (χ4n) is 0.866. The molecule has 0 amide bonds. The molecular formula is C10H13ClN2S. The Morgan fingerprint density at radius 3 is 2.79 bits per heavy atom. The van der Waals surface area contributed by atoms with Crippen LogP contribution in [0.4, 0.5) is 0 Å². The summed E-state index contributed by atoms with van der Waals surface area (Å²) in [6, 6.07) is 7.69. The van der Waals surface area contributed by atoms with Gasteiger partial charge in [-0.25, -0.2) is 0 Å². The van der Waals surface area contributed by atoms with Crippen LogP contribution in [0.3, 0.4) is 0 Å². The van der Waals surface area contributed by atoms with Crippen LogP contribution in [0.2, 0.25) is 5.02 Å². The van der Waals surface area contributed by atoms with Gasteiger partial charge in [0, 0.05) is 16.6 Å². The summed E-state index contributed by atoms with van der Waals surface area (Å²) >= 11 is 7.61. The molecule has 0 spiro atoms. The van der Waals surface area contributed by atoms with Crippen molar-refractivity contribution in [1.29, 1.82) is 5.41 Å². The third-order valence-corrected chi connectivity index (χ3v) is 3.63. The van der Waals surface area contributed by atoms with E-state index in [4.69, 9.17) is 22.7 Å². The summed E-state index contributed by atoms with van der Waals surface area (Å²) in [4.78, 5) is 1.04. The number of hydrogen-bond acceptors (Lipinski definition) is 2. The molecule has 1 atom stereocenters. The Kier molecular flexibility index (Phi) is 4.29. The number of nitrogens with two attached hydrogens (primary N) is 1. The van der Waals surface area contributed by atoms with Gasteiger partial charge >= 0.3 is 0 Å². The van der Waals surface area contributed by atoms with E-state index < -0.39 is 0 Å². The number of thioether (sulfide) groups is 1. The molecule has 0 aliphatic carbocycles. The van der Waals surface area contributed by atoms with Crippen LogP contribution in [0.1, 0.15) is 6.92 Å². The van der Waals surface area contributed by atoms with E-state index >= 15 is 0 Å². The van der Waals surface area contributed by atoms with E-state index in [9.17, 15) is 0 Å². The lowest BCUT2D eigenvalue weighted by Gasteiger charge is -2.09. The molecule has 1 rings (SSSR count). The molecule has 0 bridgehead atoms. The average Bonchev–Trinajstić information content (AvgIpc) is 2.16. The Morgan fingerprint density at radius 1 is 1.57 bits per heavy atom. The highest BCUT2D eigenvalue weighted by atomic mass is 35.5. The molecule has 0 saturated heterocycles. The Balaban J connectivity index is 2.54. The first-order chi connectivity index (χ1) is 6.61. The first-order valence-electron chi connectivity index (χ1n) is 4.32. The van der Waals surface area contributed by atoms with Gasteiger partial charge in [0.1, 0.15) is 0 Å². The molecule has 14 heavy (non-hydrogen) atoms. The van der Waals surface area contributed by atoms with Gasteiger partial charge < -0.3 is 5.73 Å². The van der Waals surface area contributed by atoms with E-state index in [1.807, 2.05) is 31.2 Å². The van der Waals surface area contributed by atoms with Crippen molar-refractivity contribution >= 4 is 29.2 Å². The summed E-state index contributed by atoms with van der Waals surface area (Å²) in [5.41, 5.74) is 5.38. The van der Waals surface area contributed by atoms with Gasteiger partial charge in [0.05, 0.1) is 10.9 Å². The van der Waals surface area contributed by atoms with Crippen molar-refractivity contribution in [3.8, 4) is 0 Å². The highest BCUT2D eigenvalue weighted by molar-refractivity contribution is 7.99. The SMILES string of the molecule is CC(CSc1ccccc1Cl)C(=N)N. The van der Waals surface area contributed by atoms with Gasteiger partial charge in [-0.2, -0.15) is 0 Å². The maximum absolute atomic E-state index is 7.25. The molecule has 1 aromatic carbocycles. The third-order valence-electron chi connectivity index (χ3n) is 1.86. The van der Waals surface area contributed by atoms with Gasteiger partial charge in [-0.3, -0.25) is 5.41 Å². The number of hydrogen-bond donors (Lipinski definition) is 2. The van der Waals surface area contributed by atoms with Gasteiger partial charge in [0.15, 0.2) is 0 Å². The van der Waals surface area contributed by atoms with Gasteiger partial charge in [-0.05, 0) is 12.1 Å². The summed E-state index contributed by atoms with van der Waals surface area (Å²) in [5, 5.41) is 8.01. The molecule has 0 aliphatic rings. The second-order valence-corrected chi connectivity index (χ2v) is 4.57. The predicted octanol–water partition coefficient (Wildman–Crippen LogP) is 3.00. The fraction of sp³-hybridized carbons (Fsp3) is 0.300. The molecule has 0 heterocycles. The molecule has 4 heteroatoms. The zero-order valence-corrected chi connectivity index (χ0v) is 9.53. The Hall–Kier alpha value is -0.670. The van der Waals surface area contributed by atoms with Crippen LogP contribution >= 0.6 is 23.4 Å². The average molecular weight is 229 g/mol. The highest BCUT2D eigenvalue weighted by Crippen LogP contribution is 2.27. The number of halogens is 1. The van der Waals surface area contributed by atoms with Crippen LogP contribution in [0, 0.1) is 11.3 Å². The quantitative estimate of drug-likeness (QED) is 0.473. The van der Waals surface area contributed by atoms with Crippen molar-refractivity contribution in [3.63, 3.8) is 0 Å². The van der Waals surface area contributed by atoms with Crippen molar-refractivity contribution in [3.05, 3.63) is 29.3 Å². The number of benzene rings is 1. The van der Waals surface area contributed by atoms with Crippen LogP contribution in [-0.4, -0.2) is 11.6 Å². The van der Waals surface area contributed by atoms with Crippen molar-refractivity contribution in [2.75, 3.05) is 5.75 Å². The van der Waals surface area contributed by atoms with E-state index in [1.165, 1.54) is 0 Å². The first-order valence-corrected chi connectivity index (χ1v) is 5.69. The minimum atomic E-state index is 0.0938. The summed E-state index contributed by atoms with van der Waals surface area (Å²) in [6.45, 7) is 1.94.